The molecular weight excluding hydrogens is 278 g/mol. The fourth-order valence-corrected chi connectivity index (χ4v) is 1.77. The van der Waals surface area contributed by atoms with Gasteiger partial charge in [-0.25, -0.2) is 0 Å². The number of hydrogen-bond donors (Lipinski definition) is 0. The fraction of sp³-hybridized carbons (Fsp3) is 0.235. The van der Waals surface area contributed by atoms with Crippen LogP contribution < -0.4 is 9.47 Å². The highest BCUT2D eigenvalue weighted by molar-refractivity contribution is 5.55. The first-order valence-electron chi connectivity index (χ1n) is 6.89. The Labute approximate surface area is 129 Å². The van der Waals surface area contributed by atoms with Crippen LogP contribution in [0.25, 0.3) is 0 Å². The van der Waals surface area contributed by atoms with Crippen molar-refractivity contribution in [3.63, 3.8) is 0 Å². The maximum atomic E-state index is 8.77. The van der Waals surface area contributed by atoms with E-state index in [2.05, 4.69) is 16.3 Å². The van der Waals surface area contributed by atoms with Crippen LogP contribution in [0, 0.1) is 11.3 Å². The molecule has 0 spiro atoms. The van der Waals surface area contributed by atoms with Crippen LogP contribution in [0.1, 0.15) is 19.4 Å². The van der Waals surface area contributed by atoms with Gasteiger partial charge in [0.2, 0.25) is 0 Å². The first-order valence-corrected chi connectivity index (χ1v) is 6.89. The number of nitrogens with zero attached hydrogens (tertiary/aromatic N) is 3. The maximum absolute atomic E-state index is 8.77. The number of ether oxygens (including phenoxy) is 2. The second-order valence-electron chi connectivity index (χ2n) is 4.86. The summed E-state index contributed by atoms with van der Waals surface area (Å²) in [6.07, 6.45) is 0.0240. The van der Waals surface area contributed by atoms with Crippen LogP contribution >= 0.6 is 0 Å². The van der Waals surface area contributed by atoms with Crippen LogP contribution in [0.4, 0.5) is 11.4 Å². The molecule has 0 heterocycles. The molecule has 2 aromatic rings. The summed E-state index contributed by atoms with van der Waals surface area (Å²) in [6, 6.07) is 14.3. The molecule has 0 aliphatic heterocycles. The second-order valence-corrected chi connectivity index (χ2v) is 4.86. The first kappa shape index (κ1) is 15.5. The Morgan fingerprint density at radius 1 is 1.05 bits per heavy atom. The number of methoxy groups -OCH3 is 1. The molecule has 0 saturated carbocycles. The average molecular weight is 295 g/mol. The van der Waals surface area contributed by atoms with Gasteiger partial charge in [-0.2, -0.15) is 10.4 Å². The van der Waals surface area contributed by atoms with Crippen molar-refractivity contribution < 1.29 is 9.47 Å². The number of nitriles is 1. The zero-order chi connectivity index (χ0) is 15.9. The summed E-state index contributed by atoms with van der Waals surface area (Å²) in [5.74, 6) is 1.32. The highest BCUT2D eigenvalue weighted by Gasteiger charge is 2.07. The van der Waals surface area contributed by atoms with Gasteiger partial charge in [0.25, 0.3) is 0 Å². The zero-order valence-electron chi connectivity index (χ0n) is 12.8. The summed E-state index contributed by atoms with van der Waals surface area (Å²) in [5.41, 5.74) is 1.89. The molecule has 0 radical (unpaired) electrons. The quantitative estimate of drug-likeness (QED) is 0.746. The minimum absolute atomic E-state index is 0.0240. The lowest BCUT2D eigenvalue weighted by Crippen LogP contribution is -2.05. The van der Waals surface area contributed by atoms with Gasteiger partial charge in [-0.15, -0.1) is 5.11 Å². The first-order chi connectivity index (χ1) is 10.6. The highest BCUT2D eigenvalue weighted by atomic mass is 16.5. The van der Waals surface area contributed by atoms with Crippen LogP contribution in [-0.4, -0.2) is 13.2 Å². The van der Waals surface area contributed by atoms with E-state index in [1.165, 1.54) is 0 Å². The molecule has 0 aromatic heterocycles. The van der Waals surface area contributed by atoms with E-state index in [0.29, 0.717) is 28.4 Å². The molecule has 0 N–H and O–H groups in total. The molecule has 0 amide bonds. The Balaban J connectivity index is 2.26. The SMILES string of the molecule is COc1ccc(N=Nc2ccc(C#N)cc2)c(OC(C)C)c1. The van der Waals surface area contributed by atoms with Crippen molar-refractivity contribution in [2.24, 2.45) is 10.2 Å². The monoisotopic (exact) mass is 295 g/mol. The van der Waals surface area contributed by atoms with Crippen LogP contribution in [0.3, 0.4) is 0 Å². The molecule has 0 aliphatic rings. The van der Waals surface area contributed by atoms with Gasteiger partial charge in [0.1, 0.15) is 11.4 Å². The third-order valence-electron chi connectivity index (χ3n) is 2.80. The number of rotatable bonds is 5. The van der Waals surface area contributed by atoms with Crippen molar-refractivity contribution in [1.29, 1.82) is 5.26 Å². The molecule has 0 aliphatic carbocycles. The lowest BCUT2D eigenvalue weighted by molar-refractivity contribution is 0.242. The van der Waals surface area contributed by atoms with Gasteiger partial charge >= 0.3 is 0 Å². The molecule has 5 heteroatoms. The smallest absolute Gasteiger partial charge is 0.150 e. The molecule has 0 bridgehead atoms. The Bertz CT molecular complexity index is 701. The largest absolute Gasteiger partial charge is 0.497 e. The summed E-state index contributed by atoms with van der Waals surface area (Å²) in [6.45, 7) is 3.89. The van der Waals surface area contributed by atoms with E-state index in [4.69, 9.17) is 14.7 Å². The lowest BCUT2D eigenvalue weighted by Gasteiger charge is -2.12. The van der Waals surface area contributed by atoms with E-state index in [0.717, 1.165) is 0 Å². The van der Waals surface area contributed by atoms with Crippen molar-refractivity contribution in [2.45, 2.75) is 20.0 Å². The van der Waals surface area contributed by atoms with Crippen LogP contribution in [0.5, 0.6) is 11.5 Å². The van der Waals surface area contributed by atoms with E-state index in [1.54, 1.807) is 49.6 Å². The summed E-state index contributed by atoms with van der Waals surface area (Å²) < 4.78 is 10.9. The van der Waals surface area contributed by atoms with E-state index in [9.17, 15) is 0 Å². The topological polar surface area (TPSA) is 67.0 Å². The average Bonchev–Trinajstić information content (AvgIpc) is 2.53. The molecule has 0 unspecified atom stereocenters. The Hall–Kier alpha value is -2.87. The predicted molar refractivity (Wildman–Crippen MR) is 84.1 cm³/mol. The molecule has 2 aromatic carbocycles. The minimum Gasteiger partial charge on any atom is -0.497 e. The Morgan fingerprint density at radius 3 is 2.36 bits per heavy atom. The van der Waals surface area contributed by atoms with Crippen molar-refractivity contribution in [2.75, 3.05) is 7.11 Å². The van der Waals surface area contributed by atoms with Crippen LogP contribution in [0.2, 0.25) is 0 Å². The number of benzene rings is 2. The Morgan fingerprint density at radius 2 is 1.77 bits per heavy atom. The highest BCUT2D eigenvalue weighted by Crippen LogP contribution is 2.33. The van der Waals surface area contributed by atoms with E-state index in [1.807, 2.05) is 13.8 Å². The molecule has 5 nitrogen and oxygen atoms in total. The number of azo groups is 1. The summed E-state index contributed by atoms with van der Waals surface area (Å²) >= 11 is 0. The molecule has 0 saturated heterocycles. The number of hydrogen-bond acceptors (Lipinski definition) is 5. The summed E-state index contributed by atoms with van der Waals surface area (Å²) in [7, 11) is 1.60. The van der Waals surface area contributed by atoms with Crippen molar-refractivity contribution in [3.8, 4) is 17.6 Å². The van der Waals surface area contributed by atoms with Gasteiger partial charge in [0.15, 0.2) is 5.75 Å². The summed E-state index contributed by atoms with van der Waals surface area (Å²) in [4.78, 5) is 0. The van der Waals surface area contributed by atoms with Crippen molar-refractivity contribution >= 4 is 11.4 Å². The fourth-order valence-electron chi connectivity index (χ4n) is 1.77. The lowest BCUT2D eigenvalue weighted by atomic mass is 10.2. The third-order valence-corrected chi connectivity index (χ3v) is 2.80. The van der Waals surface area contributed by atoms with E-state index >= 15 is 0 Å². The van der Waals surface area contributed by atoms with Crippen molar-refractivity contribution in [3.05, 3.63) is 48.0 Å². The van der Waals surface area contributed by atoms with Crippen molar-refractivity contribution in [1.82, 2.24) is 0 Å². The maximum Gasteiger partial charge on any atom is 0.150 e. The molecule has 112 valence electrons. The molecular formula is C17H17N3O2. The zero-order valence-corrected chi connectivity index (χ0v) is 12.8. The van der Waals surface area contributed by atoms with Crippen LogP contribution in [0.15, 0.2) is 52.7 Å². The van der Waals surface area contributed by atoms with E-state index < -0.39 is 0 Å². The Kier molecular flexibility index (Phi) is 5.10. The molecule has 0 atom stereocenters. The van der Waals surface area contributed by atoms with Gasteiger partial charge in [-0.05, 0) is 50.2 Å². The second kappa shape index (κ2) is 7.23. The standard InChI is InChI=1S/C17H17N3O2/c1-12(2)22-17-10-15(21-3)8-9-16(17)20-19-14-6-4-13(11-18)5-7-14/h4-10,12H,1-3H3. The minimum atomic E-state index is 0.0240. The van der Waals surface area contributed by atoms with Gasteiger partial charge in [-0.3, -0.25) is 0 Å². The van der Waals surface area contributed by atoms with Crippen LogP contribution in [-0.2, 0) is 0 Å². The normalized spacial score (nSPS) is 10.7. The van der Waals surface area contributed by atoms with E-state index in [-0.39, 0.29) is 6.10 Å². The van der Waals surface area contributed by atoms with Gasteiger partial charge in [-0.1, -0.05) is 0 Å². The molecule has 0 fully saturated rings. The molecule has 22 heavy (non-hydrogen) atoms. The third kappa shape index (κ3) is 4.06. The molecule has 2 rings (SSSR count). The van der Waals surface area contributed by atoms with Gasteiger partial charge in [0, 0.05) is 6.07 Å². The summed E-state index contributed by atoms with van der Waals surface area (Å²) in [5, 5.41) is 17.2. The van der Waals surface area contributed by atoms with Gasteiger partial charge in [0.05, 0.1) is 30.5 Å². The van der Waals surface area contributed by atoms with Gasteiger partial charge < -0.3 is 9.47 Å². The predicted octanol–water partition coefficient (Wildman–Crippen LogP) is 4.77.